The lowest BCUT2D eigenvalue weighted by molar-refractivity contribution is 0.180. The molecule has 0 spiro atoms. The number of aryl methyl sites for hydroxylation is 1. The number of thiophene rings is 1. The summed E-state index contributed by atoms with van der Waals surface area (Å²) in [6.07, 6.45) is 0.841. The van der Waals surface area contributed by atoms with E-state index in [-0.39, 0.29) is 5.88 Å². The Balaban J connectivity index is 2.92. The lowest BCUT2D eigenvalue weighted by Crippen LogP contribution is -2.35. The highest BCUT2D eigenvalue weighted by molar-refractivity contribution is 7.91. The molecule has 1 rings (SSSR count). The summed E-state index contributed by atoms with van der Waals surface area (Å²) < 4.78 is 31.4. The summed E-state index contributed by atoms with van der Waals surface area (Å²) in [5, 5.41) is 0. The van der Waals surface area contributed by atoms with Crippen molar-refractivity contribution in [1.29, 1.82) is 0 Å². The normalized spacial score (nSPS) is 12.2. The smallest absolute Gasteiger partial charge is 0.252 e. The number of sulfonamides is 1. The highest BCUT2D eigenvalue weighted by atomic mass is 35.5. The number of nitrogens with zero attached hydrogens (tertiary/aromatic N) is 1. The van der Waals surface area contributed by atoms with E-state index in [4.69, 9.17) is 16.3 Å². The maximum absolute atomic E-state index is 12.4. The van der Waals surface area contributed by atoms with Crippen molar-refractivity contribution in [3.63, 3.8) is 0 Å². The number of hydrogen-bond donors (Lipinski definition) is 0. The van der Waals surface area contributed by atoms with Gasteiger partial charge < -0.3 is 4.74 Å². The number of hydrogen-bond acceptors (Lipinski definition) is 4. The van der Waals surface area contributed by atoms with Gasteiger partial charge in [0.05, 0.1) is 6.61 Å². The molecular weight excluding hydrogens is 294 g/mol. The minimum atomic E-state index is -3.44. The fourth-order valence-corrected chi connectivity index (χ4v) is 4.63. The molecule has 18 heavy (non-hydrogen) atoms. The van der Waals surface area contributed by atoms with Gasteiger partial charge in [-0.25, -0.2) is 8.42 Å². The summed E-state index contributed by atoms with van der Waals surface area (Å²) in [7, 11) is -1.89. The van der Waals surface area contributed by atoms with Gasteiger partial charge in [0.15, 0.2) is 0 Å². The van der Waals surface area contributed by atoms with Crippen LogP contribution < -0.4 is 0 Å². The van der Waals surface area contributed by atoms with Crippen LogP contribution in [0.25, 0.3) is 0 Å². The van der Waals surface area contributed by atoms with Crippen LogP contribution in [0.1, 0.15) is 11.8 Å². The number of alkyl halides is 1. The molecule has 0 fully saturated rings. The van der Waals surface area contributed by atoms with Crippen molar-refractivity contribution in [2.75, 3.05) is 32.7 Å². The second-order valence-electron chi connectivity index (χ2n) is 3.66. The Morgan fingerprint density at radius 1 is 1.39 bits per heavy atom. The third-order valence-corrected chi connectivity index (χ3v) is 6.22. The average Bonchev–Trinajstić information content (AvgIpc) is 2.83. The zero-order chi connectivity index (χ0) is 13.6. The predicted molar refractivity (Wildman–Crippen MR) is 75.1 cm³/mol. The van der Waals surface area contributed by atoms with Crippen molar-refractivity contribution in [3.05, 3.63) is 17.0 Å². The topological polar surface area (TPSA) is 46.6 Å². The van der Waals surface area contributed by atoms with Crippen LogP contribution in [0, 0.1) is 0 Å². The molecule has 1 aromatic rings. The first kappa shape index (κ1) is 15.9. The average molecular weight is 312 g/mol. The summed E-state index contributed by atoms with van der Waals surface area (Å²) >= 11 is 6.97. The second-order valence-corrected chi connectivity index (χ2v) is 7.37. The highest BCUT2D eigenvalue weighted by Gasteiger charge is 2.25. The molecule has 0 atom stereocenters. The van der Waals surface area contributed by atoms with Gasteiger partial charge in [0.2, 0.25) is 0 Å². The monoisotopic (exact) mass is 311 g/mol. The fraction of sp³-hybridized carbons (Fsp3) is 0.636. The Bertz CT molecular complexity index is 459. The molecule has 4 nitrogen and oxygen atoms in total. The van der Waals surface area contributed by atoms with Gasteiger partial charge in [-0.3, -0.25) is 0 Å². The van der Waals surface area contributed by atoms with E-state index in [1.165, 1.54) is 15.6 Å². The SMILES string of the molecule is CCc1ccc(S(=O)(=O)N(CCCl)CCOC)s1. The molecule has 0 amide bonds. The van der Waals surface area contributed by atoms with Crippen LogP contribution in [0.2, 0.25) is 0 Å². The molecule has 104 valence electrons. The van der Waals surface area contributed by atoms with Crippen molar-refractivity contribution in [2.24, 2.45) is 0 Å². The maximum atomic E-state index is 12.4. The van der Waals surface area contributed by atoms with Crippen LogP contribution in [0.5, 0.6) is 0 Å². The molecule has 1 heterocycles. The Morgan fingerprint density at radius 2 is 2.11 bits per heavy atom. The van der Waals surface area contributed by atoms with Gasteiger partial charge >= 0.3 is 0 Å². The molecule has 0 unspecified atom stereocenters. The van der Waals surface area contributed by atoms with Crippen LogP contribution in [0.3, 0.4) is 0 Å². The fourth-order valence-electron chi connectivity index (χ4n) is 1.45. The number of rotatable bonds is 8. The third-order valence-electron chi connectivity index (χ3n) is 2.46. The van der Waals surface area contributed by atoms with Crippen molar-refractivity contribution >= 4 is 33.0 Å². The maximum Gasteiger partial charge on any atom is 0.252 e. The number of methoxy groups -OCH3 is 1. The predicted octanol–water partition coefficient (Wildman–Crippen LogP) is 2.19. The van der Waals surface area contributed by atoms with Crippen LogP contribution in [0.15, 0.2) is 16.3 Å². The Morgan fingerprint density at radius 3 is 2.61 bits per heavy atom. The molecule has 0 aliphatic carbocycles. The molecule has 0 saturated heterocycles. The quantitative estimate of drug-likeness (QED) is 0.691. The summed E-state index contributed by atoms with van der Waals surface area (Å²) in [5.41, 5.74) is 0. The highest BCUT2D eigenvalue weighted by Crippen LogP contribution is 2.25. The van der Waals surface area contributed by atoms with E-state index in [1.807, 2.05) is 13.0 Å². The van der Waals surface area contributed by atoms with Gasteiger partial charge in [-0.2, -0.15) is 4.31 Å². The standard InChI is InChI=1S/C11H18ClNO3S2/c1-3-10-4-5-11(17-10)18(14,15)13(7-6-12)8-9-16-2/h4-5H,3,6-9H2,1-2H3. The van der Waals surface area contributed by atoms with E-state index in [9.17, 15) is 8.42 Å². The molecule has 0 aromatic carbocycles. The summed E-state index contributed by atoms with van der Waals surface area (Å²) in [6, 6.07) is 3.51. The lowest BCUT2D eigenvalue weighted by atomic mass is 10.4. The van der Waals surface area contributed by atoms with Gasteiger partial charge in [0, 0.05) is 31.0 Å². The Kier molecular flexibility index (Phi) is 6.59. The number of ether oxygens (including phenoxy) is 1. The molecule has 0 radical (unpaired) electrons. The minimum absolute atomic E-state index is 0.273. The van der Waals surface area contributed by atoms with E-state index in [0.29, 0.717) is 23.9 Å². The summed E-state index contributed by atoms with van der Waals surface area (Å²) in [4.78, 5) is 1.06. The minimum Gasteiger partial charge on any atom is -0.383 e. The lowest BCUT2D eigenvalue weighted by Gasteiger charge is -2.19. The molecule has 7 heteroatoms. The van der Waals surface area contributed by atoms with Crippen LogP contribution in [0.4, 0.5) is 0 Å². The summed E-state index contributed by atoms with van der Waals surface area (Å²) in [5.74, 6) is 0.273. The molecule has 0 saturated carbocycles. The number of halogens is 1. The molecule has 0 N–H and O–H groups in total. The van der Waals surface area contributed by atoms with Crippen LogP contribution in [-0.2, 0) is 21.2 Å². The van der Waals surface area contributed by atoms with E-state index < -0.39 is 10.0 Å². The zero-order valence-electron chi connectivity index (χ0n) is 10.6. The van der Waals surface area contributed by atoms with E-state index >= 15 is 0 Å². The van der Waals surface area contributed by atoms with E-state index in [0.717, 1.165) is 11.3 Å². The molecule has 0 bridgehead atoms. The van der Waals surface area contributed by atoms with Gasteiger partial charge in [-0.15, -0.1) is 22.9 Å². The molecule has 0 aliphatic heterocycles. The molecular formula is C11H18ClNO3S2. The van der Waals surface area contributed by atoms with Crippen LogP contribution in [-0.4, -0.2) is 45.4 Å². The van der Waals surface area contributed by atoms with E-state index in [1.54, 1.807) is 13.2 Å². The summed E-state index contributed by atoms with van der Waals surface area (Å²) in [6.45, 7) is 2.99. The van der Waals surface area contributed by atoms with Gasteiger partial charge in [0.25, 0.3) is 10.0 Å². The molecule has 0 aliphatic rings. The van der Waals surface area contributed by atoms with Crippen molar-refractivity contribution in [1.82, 2.24) is 4.31 Å². The van der Waals surface area contributed by atoms with Crippen molar-refractivity contribution in [3.8, 4) is 0 Å². The zero-order valence-corrected chi connectivity index (χ0v) is 12.9. The Labute approximate surface area is 118 Å². The van der Waals surface area contributed by atoms with Crippen LogP contribution >= 0.6 is 22.9 Å². The first-order valence-electron chi connectivity index (χ1n) is 5.70. The Hall–Kier alpha value is -0.140. The van der Waals surface area contributed by atoms with Gasteiger partial charge in [-0.05, 0) is 18.6 Å². The van der Waals surface area contributed by atoms with Gasteiger partial charge in [0.1, 0.15) is 4.21 Å². The first-order valence-corrected chi connectivity index (χ1v) is 8.49. The largest absolute Gasteiger partial charge is 0.383 e. The van der Waals surface area contributed by atoms with Crippen molar-refractivity contribution < 1.29 is 13.2 Å². The molecule has 1 aromatic heterocycles. The van der Waals surface area contributed by atoms with Crippen molar-refractivity contribution in [2.45, 2.75) is 17.6 Å². The first-order chi connectivity index (χ1) is 8.56. The van der Waals surface area contributed by atoms with E-state index in [2.05, 4.69) is 0 Å². The second kappa shape index (κ2) is 7.45. The third kappa shape index (κ3) is 3.93. The van der Waals surface area contributed by atoms with Gasteiger partial charge in [-0.1, -0.05) is 6.92 Å².